The van der Waals surface area contributed by atoms with Crippen LogP contribution in [0.25, 0.3) is 10.9 Å². The summed E-state index contributed by atoms with van der Waals surface area (Å²) >= 11 is 0. The van der Waals surface area contributed by atoms with Crippen molar-refractivity contribution in [3.63, 3.8) is 0 Å². The van der Waals surface area contributed by atoms with Gasteiger partial charge in [0, 0.05) is 11.6 Å². The molecule has 2 aromatic rings. The van der Waals surface area contributed by atoms with Gasteiger partial charge in [0.2, 0.25) is 0 Å². The molecule has 2 rings (SSSR count). The Bertz CT molecular complexity index is 546. The van der Waals surface area contributed by atoms with Crippen LogP contribution in [0.1, 0.15) is 32.4 Å². The zero-order chi connectivity index (χ0) is 13.9. The lowest BCUT2D eigenvalue weighted by atomic mass is 10.0. The van der Waals surface area contributed by atoms with Crippen LogP contribution < -0.4 is 5.32 Å². The van der Waals surface area contributed by atoms with Gasteiger partial charge in [-0.25, -0.2) is 0 Å². The van der Waals surface area contributed by atoms with Crippen molar-refractivity contribution in [2.45, 2.75) is 32.4 Å². The normalized spacial score (nSPS) is 13.7. The van der Waals surface area contributed by atoms with E-state index in [4.69, 9.17) is 4.74 Å². The first kappa shape index (κ1) is 14.0. The smallest absolute Gasteiger partial charge is 0.0702 e. The lowest BCUT2D eigenvalue weighted by molar-refractivity contribution is -0.0139. The van der Waals surface area contributed by atoms with Gasteiger partial charge >= 0.3 is 0 Å². The van der Waals surface area contributed by atoms with Crippen LogP contribution in [0.3, 0.4) is 0 Å². The van der Waals surface area contributed by atoms with Gasteiger partial charge in [0.25, 0.3) is 0 Å². The number of aromatic nitrogens is 1. The average molecular weight is 258 g/mol. The summed E-state index contributed by atoms with van der Waals surface area (Å²) in [6.07, 6.45) is 1.82. The van der Waals surface area contributed by atoms with E-state index >= 15 is 0 Å². The molecule has 3 heteroatoms. The molecule has 19 heavy (non-hydrogen) atoms. The predicted molar refractivity (Wildman–Crippen MR) is 79.2 cm³/mol. The van der Waals surface area contributed by atoms with E-state index in [1.54, 1.807) is 0 Å². The number of fused-ring (bicyclic) bond motifs is 1. The maximum atomic E-state index is 5.87. The van der Waals surface area contributed by atoms with E-state index in [-0.39, 0.29) is 11.6 Å². The van der Waals surface area contributed by atoms with Gasteiger partial charge in [-0.15, -0.1) is 0 Å². The van der Waals surface area contributed by atoms with E-state index in [1.165, 1.54) is 5.56 Å². The highest BCUT2D eigenvalue weighted by Crippen LogP contribution is 2.20. The molecule has 1 aromatic heterocycles. The fourth-order valence-electron chi connectivity index (χ4n) is 1.99. The summed E-state index contributed by atoms with van der Waals surface area (Å²) in [6.45, 7) is 6.88. The molecule has 1 heterocycles. The maximum absolute atomic E-state index is 5.87. The molecule has 0 bridgehead atoms. The van der Waals surface area contributed by atoms with Gasteiger partial charge in [-0.3, -0.25) is 4.98 Å². The molecule has 1 aromatic carbocycles. The Labute approximate surface area is 115 Å². The van der Waals surface area contributed by atoms with E-state index in [9.17, 15) is 0 Å². The van der Waals surface area contributed by atoms with Crippen LogP contribution in [0.4, 0.5) is 0 Å². The number of ether oxygens (including phenoxy) is 1. The fourth-order valence-corrected chi connectivity index (χ4v) is 1.99. The second-order valence-corrected chi connectivity index (χ2v) is 5.72. The second-order valence-electron chi connectivity index (χ2n) is 5.72. The van der Waals surface area contributed by atoms with Crippen molar-refractivity contribution in [1.29, 1.82) is 0 Å². The van der Waals surface area contributed by atoms with Gasteiger partial charge in [-0.2, -0.15) is 0 Å². The molecular weight excluding hydrogens is 236 g/mol. The topological polar surface area (TPSA) is 34.1 Å². The van der Waals surface area contributed by atoms with Crippen LogP contribution in [0, 0.1) is 0 Å². The van der Waals surface area contributed by atoms with Crippen molar-refractivity contribution >= 4 is 10.9 Å². The second kappa shape index (κ2) is 5.68. The van der Waals surface area contributed by atoms with Gasteiger partial charge in [0.15, 0.2) is 0 Å². The van der Waals surface area contributed by atoms with E-state index in [0.29, 0.717) is 6.61 Å². The number of nitrogens with one attached hydrogen (secondary N) is 1. The van der Waals surface area contributed by atoms with Crippen LogP contribution in [-0.2, 0) is 4.74 Å². The van der Waals surface area contributed by atoms with Crippen molar-refractivity contribution < 1.29 is 4.74 Å². The van der Waals surface area contributed by atoms with Crippen molar-refractivity contribution in [3.8, 4) is 0 Å². The highest BCUT2D eigenvalue weighted by Gasteiger charge is 2.16. The van der Waals surface area contributed by atoms with E-state index in [1.807, 2.05) is 19.3 Å². The third kappa shape index (κ3) is 3.75. The van der Waals surface area contributed by atoms with Crippen molar-refractivity contribution in [2.24, 2.45) is 0 Å². The first-order valence-electron chi connectivity index (χ1n) is 6.65. The molecule has 102 valence electrons. The van der Waals surface area contributed by atoms with E-state index in [2.05, 4.69) is 55.3 Å². The highest BCUT2D eigenvalue weighted by molar-refractivity contribution is 5.79. The molecule has 0 spiro atoms. The third-order valence-electron chi connectivity index (χ3n) is 3.06. The Morgan fingerprint density at radius 3 is 2.74 bits per heavy atom. The minimum absolute atomic E-state index is 0.118. The first-order valence-corrected chi connectivity index (χ1v) is 6.65. The maximum Gasteiger partial charge on any atom is 0.0702 e. The van der Waals surface area contributed by atoms with E-state index < -0.39 is 0 Å². The Hall–Kier alpha value is -1.45. The number of nitrogens with zero attached hydrogens (tertiary/aromatic N) is 1. The van der Waals surface area contributed by atoms with Crippen LogP contribution in [0.15, 0.2) is 36.5 Å². The average Bonchev–Trinajstić information content (AvgIpc) is 2.38. The van der Waals surface area contributed by atoms with Crippen molar-refractivity contribution in [1.82, 2.24) is 10.3 Å². The predicted octanol–water partition coefficient (Wildman–Crippen LogP) is 3.31. The van der Waals surface area contributed by atoms with Crippen LogP contribution in [-0.4, -0.2) is 24.2 Å². The Morgan fingerprint density at radius 1 is 1.26 bits per heavy atom. The molecular formula is C16H22N2O. The number of pyridine rings is 1. The Kier molecular flexibility index (Phi) is 4.17. The minimum atomic E-state index is -0.118. The summed E-state index contributed by atoms with van der Waals surface area (Å²) in [5.74, 6) is 0. The lowest BCUT2D eigenvalue weighted by Crippen LogP contribution is -2.28. The standard InChI is InChI=1S/C16H22N2O/c1-16(2,3)19-11-15(17-4)13-7-8-14-12(10-13)6-5-9-18-14/h5-10,15,17H,11H2,1-4H3. The molecule has 0 fully saturated rings. The molecule has 0 saturated heterocycles. The lowest BCUT2D eigenvalue weighted by Gasteiger charge is -2.24. The fraction of sp³-hybridized carbons (Fsp3) is 0.438. The van der Waals surface area contributed by atoms with Gasteiger partial charge in [0.1, 0.15) is 0 Å². The SMILES string of the molecule is CNC(COC(C)(C)C)c1ccc2ncccc2c1. The minimum Gasteiger partial charge on any atom is -0.374 e. The Balaban J connectivity index is 2.20. The first-order chi connectivity index (χ1) is 8.99. The summed E-state index contributed by atoms with van der Waals surface area (Å²) in [6, 6.07) is 10.6. The summed E-state index contributed by atoms with van der Waals surface area (Å²) in [5.41, 5.74) is 2.14. The molecule has 3 nitrogen and oxygen atoms in total. The van der Waals surface area contributed by atoms with Gasteiger partial charge in [0.05, 0.1) is 23.8 Å². The van der Waals surface area contributed by atoms with Gasteiger partial charge in [-0.1, -0.05) is 12.1 Å². The van der Waals surface area contributed by atoms with Crippen LogP contribution in [0.5, 0.6) is 0 Å². The van der Waals surface area contributed by atoms with Gasteiger partial charge < -0.3 is 10.1 Å². The number of rotatable bonds is 4. The molecule has 0 aliphatic carbocycles. The van der Waals surface area contributed by atoms with Crippen LogP contribution in [0.2, 0.25) is 0 Å². The molecule has 0 aliphatic heterocycles. The van der Waals surface area contributed by atoms with Crippen molar-refractivity contribution in [3.05, 3.63) is 42.1 Å². The number of hydrogen-bond acceptors (Lipinski definition) is 3. The zero-order valence-electron chi connectivity index (χ0n) is 12.1. The molecule has 1 atom stereocenters. The summed E-state index contributed by atoms with van der Waals surface area (Å²) < 4.78 is 5.87. The highest BCUT2D eigenvalue weighted by atomic mass is 16.5. The van der Waals surface area contributed by atoms with Gasteiger partial charge in [-0.05, 0) is 51.6 Å². The molecule has 0 saturated carbocycles. The molecule has 0 aliphatic rings. The largest absolute Gasteiger partial charge is 0.374 e. The quantitative estimate of drug-likeness (QED) is 0.913. The monoisotopic (exact) mass is 258 g/mol. The molecule has 0 amide bonds. The number of likely N-dealkylation sites (N-methyl/N-ethyl adjacent to an activating group) is 1. The summed E-state index contributed by atoms with van der Waals surface area (Å²) in [5, 5.41) is 4.47. The molecule has 1 N–H and O–H groups in total. The number of benzene rings is 1. The molecule has 0 radical (unpaired) electrons. The third-order valence-corrected chi connectivity index (χ3v) is 3.06. The summed E-state index contributed by atoms with van der Waals surface area (Å²) in [7, 11) is 1.96. The molecule has 1 unspecified atom stereocenters. The van der Waals surface area contributed by atoms with Crippen LogP contribution >= 0.6 is 0 Å². The van der Waals surface area contributed by atoms with E-state index in [0.717, 1.165) is 10.9 Å². The Morgan fingerprint density at radius 2 is 2.05 bits per heavy atom. The zero-order valence-corrected chi connectivity index (χ0v) is 12.1. The van der Waals surface area contributed by atoms with Crippen molar-refractivity contribution in [2.75, 3.05) is 13.7 Å². The summed E-state index contributed by atoms with van der Waals surface area (Å²) in [4.78, 5) is 4.34. The number of hydrogen-bond donors (Lipinski definition) is 1.